The largest absolute Gasteiger partial charge is 0.295 e. The summed E-state index contributed by atoms with van der Waals surface area (Å²) < 4.78 is 1.56. The first kappa shape index (κ1) is 15.0. The van der Waals surface area contributed by atoms with Gasteiger partial charge in [0.05, 0.1) is 0 Å². The van der Waals surface area contributed by atoms with Crippen molar-refractivity contribution >= 4 is 23.6 Å². The predicted molar refractivity (Wildman–Crippen MR) is 87.4 cm³/mol. The predicted octanol–water partition coefficient (Wildman–Crippen LogP) is 4.22. The first-order chi connectivity index (χ1) is 10.7. The molecule has 0 N–H and O–H groups in total. The molecule has 0 spiro atoms. The number of aromatic nitrogens is 3. The third-order valence-electron chi connectivity index (χ3n) is 3.97. The maximum atomic E-state index is 11.9. The van der Waals surface area contributed by atoms with Gasteiger partial charge >= 0.3 is 0 Å². The van der Waals surface area contributed by atoms with E-state index in [1.165, 1.54) is 25.7 Å². The molecular weight excluding hydrogens is 298 g/mol. The number of halogens is 1. The zero-order valence-corrected chi connectivity index (χ0v) is 13.0. The lowest BCUT2D eigenvalue weighted by Gasteiger charge is -2.04. The lowest BCUT2D eigenvalue weighted by Crippen LogP contribution is -2.02. The van der Waals surface area contributed by atoms with E-state index in [9.17, 15) is 4.79 Å². The maximum Gasteiger partial charge on any atom is 0.181 e. The zero-order chi connectivity index (χ0) is 15.4. The van der Waals surface area contributed by atoms with Crippen LogP contribution < -0.4 is 0 Å². The van der Waals surface area contributed by atoms with E-state index < -0.39 is 0 Å². The number of ketones is 1. The van der Waals surface area contributed by atoms with Crippen LogP contribution in [0.1, 0.15) is 32.1 Å². The van der Waals surface area contributed by atoms with Crippen LogP contribution in [0.4, 0.5) is 0 Å². The summed E-state index contributed by atoms with van der Waals surface area (Å²) in [7, 11) is 0. The van der Waals surface area contributed by atoms with Crippen LogP contribution in [-0.4, -0.2) is 20.5 Å². The zero-order valence-electron chi connectivity index (χ0n) is 12.3. The highest BCUT2D eigenvalue weighted by atomic mass is 35.5. The average Bonchev–Trinajstić information content (AvgIpc) is 3.16. The highest BCUT2D eigenvalue weighted by molar-refractivity contribution is 6.30. The molecule has 5 heteroatoms. The van der Waals surface area contributed by atoms with Crippen molar-refractivity contribution in [1.82, 2.24) is 14.8 Å². The van der Waals surface area contributed by atoms with Gasteiger partial charge in [-0.05, 0) is 24.1 Å². The number of carbonyl (C=O) groups is 1. The molecule has 1 saturated carbocycles. The Hall–Kier alpha value is -1.94. The Morgan fingerprint density at radius 3 is 2.95 bits per heavy atom. The molecule has 22 heavy (non-hydrogen) atoms. The quantitative estimate of drug-likeness (QED) is 0.776. The van der Waals surface area contributed by atoms with Crippen LogP contribution in [0.3, 0.4) is 0 Å². The molecule has 2 aromatic rings. The molecule has 0 unspecified atom stereocenters. The Labute approximate surface area is 134 Å². The van der Waals surface area contributed by atoms with Crippen molar-refractivity contribution in [1.29, 1.82) is 0 Å². The van der Waals surface area contributed by atoms with Gasteiger partial charge in [-0.1, -0.05) is 49.4 Å². The topological polar surface area (TPSA) is 47.8 Å². The van der Waals surface area contributed by atoms with E-state index in [0.717, 1.165) is 5.56 Å². The minimum Gasteiger partial charge on any atom is -0.295 e. The number of carbonyl (C=O) groups excluding carboxylic acids is 1. The molecule has 0 atom stereocenters. The van der Waals surface area contributed by atoms with Crippen LogP contribution in [0, 0.1) is 5.92 Å². The van der Waals surface area contributed by atoms with E-state index in [4.69, 9.17) is 11.6 Å². The van der Waals surface area contributed by atoms with Crippen LogP contribution in [-0.2, 0) is 4.79 Å². The van der Waals surface area contributed by atoms with Gasteiger partial charge in [0.25, 0.3) is 0 Å². The Bertz CT molecular complexity index is 687. The van der Waals surface area contributed by atoms with Crippen LogP contribution in [0.25, 0.3) is 17.6 Å². The summed E-state index contributed by atoms with van der Waals surface area (Å²) in [5, 5.41) is 4.98. The van der Waals surface area contributed by atoms with Gasteiger partial charge in [-0.2, -0.15) is 0 Å². The van der Waals surface area contributed by atoms with Gasteiger partial charge in [-0.3, -0.25) is 4.79 Å². The molecule has 1 aliphatic carbocycles. The van der Waals surface area contributed by atoms with Gasteiger partial charge in [0, 0.05) is 23.2 Å². The van der Waals surface area contributed by atoms with Crippen LogP contribution in [0.15, 0.2) is 36.7 Å². The molecule has 0 aliphatic heterocycles. The van der Waals surface area contributed by atoms with E-state index in [0.29, 0.717) is 23.2 Å². The molecule has 0 amide bonds. The van der Waals surface area contributed by atoms with Gasteiger partial charge in [0.2, 0.25) is 0 Å². The Morgan fingerprint density at radius 1 is 1.36 bits per heavy atom. The number of allylic oxidation sites excluding steroid dienone is 1. The third-order valence-corrected chi connectivity index (χ3v) is 4.20. The second-order valence-electron chi connectivity index (χ2n) is 5.70. The summed E-state index contributed by atoms with van der Waals surface area (Å²) in [6.07, 6.45) is 10.4. The van der Waals surface area contributed by atoms with Crippen molar-refractivity contribution < 1.29 is 4.79 Å². The normalized spacial score (nSPS) is 15.7. The summed E-state index contributed by atoms with van der Waals surface area (Å²) in [4.78, 5) is 16.2. The summed E-state index contributed by atoms with van der Waals surface area (Å²) in [6.45, 7) is 0. The fraction of sp³-hybridized carbons (Fsp3) is 0.353. The van der Waals surface area contributed by atoms with Gasteiger partial charge in [-0.25, -0.2) is 9.67 Å². The Kier molecular flexibility index (Phi) is 4.68. The van der Waals surface area contributed by atoms with E-state index in [1.807, 2.05) is 24.3 Å². The molecule has 1 aliphatic rings. The number of nitrogens with zero attached hydrogens (tertiary/aromatic N) is 3. The van der Waals surface area contributed by atoms with Crippen molar-refractivity contribution in [2.24, 2.45) is 5.92 Å². The third kappa shape index (κ3) is 3.83. The molecule has 1 aromatic heterocycles. The highest BCUT2D eigenvalue weighted by Crippen LogP contribution is 2.27. The number of rotatable bonds is 5. The fourth-order valence-electron chi connectivity index (χ4n) is 2.83. The monoisotopic (exact) mass is 315 g/mol. The summed E-state index contributed by atoms with van der Waals surface area (Å²) >= 11 is 5.96. The van der Waals surface area contributed by atoms with E-state index in [-0.39, 0.29) is 5.78 Å². The highest BCUT2D eigenvalue weighted by Gasteiger charge is 2.17. The van der Waals surface area contributed by atoms with Crippen molar-refractivity contribution in [2.45, 2.75) is 32.1 Å². The van der Waals surface area contributed by atoms with Gasteiger partial charge < -0.3 is 0 Å². The first-order valence-corrected chi connectivity index (χ1v) is 7.96. The molecule has 0 bridgehead atoms. The second-order valence-corrected chi connectivity index (χ2v) is 6.13. The van der Waals surface area contributed by atoms with Crippen molar-refractivity contribution in [3.63, 3.8) is 0 Å². The Balaban J connectivity index is 1.63. The second kappa shape index (κ2) is 6.88. The number of hydrogen-bond donors (Lipinski definition) is 0. The van der Waals surface area contributed by atoms with Crippen molar-refractivity contribution in [3.8, 4) is 11.4 Å². The molecule has 4 nitrogen and oxygen atoms in total. The van der Waals surface area contributed by atoms with Crippen molar-refractivity contribution in [3.05, 3.63) is 41.7 Å². The lowest BCUT2D eigenvalue weighted by molar-refractivity contribution is -0.115. The molecule has 1 heterocycles. The summed E-state index contributed by atoms with van der Waals surface area (Å²) in [5.74, 6) is 1.32. The van der Waals surface area contributed by atoms with E-state index >= 15 is 0 Å². The smallest absolute Gasteiger partial charge is 0.181 e. The van der Waals surface area contributed by atoms with Crippen LogP contribution >= 0.6 is 11.6 Å². The molecule has 0 radical (unpaired) electrons. The van der Waals surface area contributed by atoms with E-state index in [1.54, 1.807) is 23.3 Å². The van der Waals surface area contributed by atoms with Crippen molar-refractivity contribution in [2.75, 3.05) is 0 Å². The molecule has 114 valence electrons. The van der Waals surface area contributed by atoms with E-state index in [2.05, 4.69) is 10.1 Å². The maximum absolute atomic E-state index is 11.9. The molecule has 3 rings (SSSR count). The SMILES string of the molecule is O=C(/C=C\n1cnc(-c2cccc(Cl)c2)n1)CC1CCCC1. The van der Waals surface area contributed by atoms with Gasteiger partial charge in [-0.15, -0.1) is 5.10 Å². The van der Waals surface area contributed by atoms with Gasteiger partial charge in [0.1, 0.15) is 6.33 Å². The minimum absolute atomic E-state index is 0.159. The molecule has 1 aromatic carbocycles. The number of benzene rings is 1. The first-order valence-electron chi connectivity index (χ1n) is 7.59. The summed E-state index contributed by atoms with van der Waals surface area (Å²) in [5.41, 5.74) is 0.858. The average molecular weight is 316 g/mol. The standard InChI is InChI=1S/C17H18ClN3O/c18-15-7-3-6-14(11-15)17-19-12-21(20-17)9-8-16(22)10-13-4-1-2-5-13/h3,6-9,11-13H,1-2,4-5,10H2/b9-8-. The summed E-state index contributed by atoms with van der Waals surface area (Å²) in [6, 6.07) is 7.39. The molecule has 0 saturated heterocycles. The fourth-order valence-corrected chi connectivity index (χ4v) is 3.02. The lowest BCUT2D eigenvalue weighted by atomic mass is 10.0. The molecule has 1 fully saturated rings. The molecular formula is C17H18ClN3O. The Morgan fingerprint density at radius 2 is 2.18 bits per heavy atom. The van der Waals surface area contributed by atoms with Gasteiger partial charge in [0.15, 0.2) is 11.6 Å². The number of hydrogen-bond acceptors (Lipinski definition) is 3. The minimum atomic E-state index is 0.159. The van der Waals surface area contributed by atoms with Crippen LogP contribution in [0.5, 0.6) is 0 Å². The van der Waals surface area contributed by atoms with Crippen LogP contribution in [0.2, 0.25) is 5.02 Å².